The summed E-state index contributed by atoms with van der Waals surface area (Å²) >= 11 is 5.72. The van der Waals surface area contributed by atoms with E-state index >= 15 is 0 Å². The van der Waals surface area contributed by atoms with Gasteiger partial charge in [-0.05, 0) is 6.07 Å². The van der Waals surface area contributed by atoms with E-state index in [1.165, 1.54) is 6.07 Å². The van der Waals surface area contributed by atoms with Crippen LogP contribution in [0.15, 0.2) is 6.07 Å². The number of nitrogens with two attached hydrogens (primary N) is 2. The van der Waals surface area contributed by atoms with Crippen molar-refractivity contribution in [1.82, 2.24) is 0 Å². The molecule has 0 aliphatic carbocycles. The molecule has 0 saturated heterocycles. The highest BCUT2D eigenvalue weighted by Gasteiger charge is 2.22. The molecule has 0 aliphatic rings. The van der Waals surface area contributed by atoms with Gasteiger partial charge in [-0.15, -0.1) is 0 Å². The van der Waals surface area contributed by atoms with E-state index in [9.17, 15) is 10.1 Å². The third kappa shape index (κ3) is 2.11. The highest BCUT2D eigenvalue weighted by molar-refractivity contribution is 6.33. The van der Waals surface area contributed by atoms with Crippen molar-refractivity contribution in [3.8, 4) is 0 Å². The number of nitro groups is 1. The highest BCUT2D eigenvalue weighted by atomic mass is 35.5. The number of benzene rings is 1. The fourth-order valence-electron chi connectivity index (χ4n) is 1.31. The number of nitrogen functional groups attached to an aromatic ring is 2. The summed E-state index contributed by atoms with van der Waals surface area (Å²) in [5, 5.41) is 19.7. The van der Waals surface area contributed by atoms with Crippen LogP contribution in [0.4, 0.5) is 17.1 Å². The second-order valence-corrected chi connectivity index (χ2v) is 3.33. The Kier molecular flexibility index (Phi) is 3.33. The fraction of sp³-hybridized carbons (Fsp3) is 0.250. The van der Waals surface area contributed by atoms with E-state index in [4.69, 9.17) is 28.2 Å². The molecule has 0 radical (unpaired) electrons. The van der Waals surface area contributed by atoms with Gasteiger partial charge in [-0.1, -0.05) is 11.6 Å². The zero-order valence-electron chi connectivity index (χ0n) is 7.74. The molecule has 0 atom stereocenters. The Morgan fingerprint density at radius 3 is 2.60 bits per heavy atom. The molecule has 0 aromatic heterocycles. The molecule has 0 saturated carbocycles. The van der Waals surface area contributed by atoms with Crippen LogP contribution in [-0.4, -0.2) is 16.6 Å². The molecule has 0 aliphatic heterocycles. The monoisotopic (exact) mass is 231 g/mol. The molecule has 15 heavy (non-hydrogen) atoms. The number of hydrogen-bond acceptors (Lipinski definition) is 5. The second-order valence-electron chi connectivity index (χ2n) is 2.92. The Morgan fingerprint density at radius 2 is 2.13 bits per heavy atom. The summed E-state index contributed by atoms with van der Waals surface area (Å²) in [7, 11) is 0. The molecule has 7 heteroatoms. The Morgan fingerprint density at radius 1 is 1.53 bits per heavy atom. The summed E-state index contributed by atoms with van der Waals surface area (Å²) in [5.74, 6) is 0. The minimum absolute atomic E-state index is 0.0485. The normalized spacial score (nSPS) is 10.3. The van der Waals surface area contributed by atoms with Gasteiger partial charge < -0.3 is 16.6 Å². The van der Waals surface area contributed by atoms with E-state index in [1.54, 1.807) is 0 Å². The maximum absolute atomic E-state index is 10.7. The number of hydrogen-bond donors (Lipinski definition) is 3. The molecule has 1 rings (SSSR count). The van der Waals surface area contributed by atoms with Crippen LogP contribution in [0, 0.1) is 10.1 Å². The van der Waals surface area contributed by atoms with E-state index in [0.717, 1.165) is 0 Å². The van der Waals surface area contributed by atoms with Crippen LogP contribution in [0.1, 0.15) is 5.56 Å². The minimum Gasteiger partial charge on any atom is -0.397 e. The van der Waals surface area contributed by atoms with Crippen molar-refractivity contribution in [2.75, 3.05) is 18.1 Å². The zero-order chi connectivity index (χ0) is 11.6. The van der Waals surface area contributed by atoms with E-state index in [2.05, 4.69) is 0 Å². The predicted molar refractivity (Wildman–Crippen MR) is 57.7 cm³/mol. The van der Waals surface area contributed by atoms with Gasteiger partial charge in [-0.3, -0.25) is 10.1 Å². The number of rotatable bonds is 3. The first kappa shape index (κ1) is 11.5. The van der Waals surface area contributed by atoms with Gasteiger partial charge in [-0.25, -0.2) is 0 Å². The van der Waals surface area contributed by atoms with Gasteiger partial charge >= 0.3 is 0 Å². The molecule has 82 valence electrons. The van der Waals surface area contributed by atoms with Gasteiger partial charge in [0.2, 0.25) is 0 Å². The Hall–Kier alpha value is -1.53. The van der Waals surface area contributed by atoms with E-state index in [-0.39, 0.29) is 40.7 Å². The van der Waals surface area contributed by atoms with Crippen molar-refractivity contribution < 1.29 is 10.0 Å². The molecule has 0 spiro atoms. The van der Waals surface area contributed by atoms with Crippen LogP contribution in [0.5, 0.6) is 0 Å². The Balaban J connectivity index is 3.46. The molecule has 0 bridgehead atoms. The van der Waals surface area contributed by atoms with Crippen molar-refractivity contribution in [2.45, 2.75) is 6.42 Å². The lowest BCUT2D eigenvalue weighted by atomic mass is 10.1. The summed E-state index contributed by atoms with van der Waals surface area (Å²) in [4.78, 5) is 10.1. The summed E-state index contributed by atoms with van der Waals surface area (Å²) in [6.45, 7) is -0.259. The number of aliphatic hydroxyl groups excluding tert-OH is 1. The van der Waals surface area contributed by atoms with E-state index < -0.39 is 4.92 Å². The number of anilines is 2. The summed E-state index contributed by atoms with van der Waals surface area (Å²) < 4.78 is 0. The van der Waals surface area contributed by atoms with E-state index in [0.29, 0.717) is 0 Å². The first-order valence-electron chi connectivity index (χ1n) is 4.10. The first-order chi connectivity index (χ1) is 6.99. The summed E-state index contributed by atoms with van der Waals surface area (Å²) in [6.07, 6.45) is 0.0485. The van der Waals surface area contributed by atoms with E-state index in [1.807, 2.05) is 0 Å². The van der Waals surface area contributed by atoms with Crippen LogP contribution < -0.4 is 11.5 Å². The summed E-state index contributed by atoms with van der Waals surface area (Å²) in [5.41, 5.74) is 11.0. The average Bonchev–Trinajstić information content (AvgIpc) is 2.13. The van der Waals surface area contributed by atoms with Crippen molar-refractivity contribution in [3.63, 3.8) is 0 Å². The van der Waals surface area contributed by atoms with Gasteiger partial charge in [0.05, 0.1) is 21.2 Å². The largest absolute Gasteiger partial charge is 0.397 e. The molecule has 6 nitrogen and oxygen atoms in total. The Labute approximate surface area is 90.6 Å². The number of nitrogens with zero attached hydrogens (tertiary/aromatic N) is 1. The Bertz CT molecular complexity index is 409. The molecule has 0 unspecified atom stereocenters. The van der Waals surface area contributed by atoms with Crippen LogP contribution in [-0.2, 0) is 6.42 Å². The fourth-order valence-corrected chi connectivity index (χ4v) is 1.54. The number of halogens is 1. The smallest absolute Gasteiger partial charge is 0.297 e. The van der Waals surface area contributed by atoms with Gasteiger partial charge in [-0.2, -0.15) is 0 Å². The maximum Gasteiger partial charge on any atom is 0.297 e. The predicted octanol–water partition coefficient (Wildman–Crippen LogP) is 0.947. The zero-order valence-corrected chi connectivity index (χ0v) is 8.49. The molecular formula is C8H10ClN3O3. The van der Waals surface area contributed by atoms with Gasteiger partial charge in [0.25, 0.3) is 5.69 Å². The lowest BCUT2D eigenvalue weighted by Gasteiger charge is -2.08. The standard InChI is InChI=1S/C8H10ClN3O3/c9-5-3-6(10)8(12(14)15)4(1-2-13)7(5)11/h3,13H,1-2,10-11H2. The molecule has 1 aromatic carbocycles. The van der Waals surface area contributed by atoms with Crippen LogP contribution in [0.2, 0.25) is 5.02 Å². The molecule has 0 fully saturated rings. The average molecular weight is 232 g/mol. The van der Waals surface area contributed by atoms with Crippen LogP contribution >= 0.6 is 11.6 Å². The quantitative estimate of drug-likeness (QED) is 0.407. The van der Waals surface area contributed by atoms with Crippen molar-refractivity contribution in [1.29, 1.82) is 0 Å². The van der Waals surface area contributed by atoms with Gasteiger partial charge in [0.15, 0.2) is 0 Å². The van der Waals surface area contributed by atoms with Crippen LogP contribution in [0.25, 0.3) is 0 Å². The van der Waals surface area contributed by atoms with Crippen molar-refractivity contribution in [2.24, 2.45) is 0 Å². The van der Waals surface area contributed by atoms with Gasteiger partial charge in [0.1, 0.15) is 5.69 Å². The lowest BCUT2D eigenvalue weighted by molar-refractivity contribution is -0.384. The SMILES string of the molecule is Nc1cc(Cl)c(N)c(CCO)c1[N+](=O)[O-]. The second kappa shape index (κ2) is 4.33. The highest BCUT2D eigenvalue weighted by Crippen LogP contribution is 2.36. The molecule has 0 amide bonds. The first-order valence-corrected chi connectivity index (χ1v) is 4.48. The number of nitro benzene ring substituents is 1. The topological polar surface area (TPSA) is 115 Å². The van der Waals surface area contributed by atoms with Crippen LogP contribution in [0.3, 0.4) is 0 Å². The maximum atomic E-state index is 10.7. The third-order valence-electron chi connectivity index (χ3n) is 1.97. The van der Waals surface area contributed by atoms with Crippen molar-refractivity contribution in [3.05, 3.63) is 26.8 Å². The molecular weight excluding hydrogens is 222 g/mol. The molecule has 1 aromatic rings. The number of aliphatic hydroxyl groups is 1. The molecule has 0 heterocycles. The third-order valence-corrected chi connectivity index (χ3v) is 2.28. The minimum atomic E-state index is -0.632. The lowest BCUT2D eigenvalue weighted by Crippen LogP contribution is -2.06. The van der Waals surface area contributed by atoms with Crippen molar-refractivity contribution >= 4 is 28.7 Å². The van der Waals surface area contributed by atoms with Gasteiger partial charge in [0, 0.05) is 13.0 Å². The molecule has 5 N–H and O–H groups in total. The summed E-state index contributed by atoms with van der Waals surface area (Å²) in [6, 6.07) is 1.23.